The normalized spacial score (nSPS) is 24.7. The van der Waals surface area contributed by atoms with E-state index >= 15 is 0 Å². The summed E-state index contributed by atoms with van der Waals surface area (Å²) in [7, 11) is -4.14. The number of sulfonamides is 1. The topological polar surface area (TPSA) is 55.8 Å². The highest BCUT2D eigenvalue weighted by Gasteiger charge is 2.41. The molecule has 1 aromatic rings. The first-order valence-electron chi connectivity index (χ1n) is 7.20. The van der Waals surface area contributed by atoms with Gasteiger partial charge < -0.3 is 9.47 Å². The Labute approximate surface area is 127 Å². The summed E-state index contributed by atoms with van der Waals surface area (Å²) < 4.78 is 64.7. The molecule has 0 aromatic heterocycles. The smallest absolute Gasteiger partial charge is 0.246 e. The molecular formula is C14H17F2NO4S. The van der Waals surface area contributed by atoms with E-state index in [-0.39, 0.29) is 6.54 Å². The Morgan fingerprint density at radius 1 is 1.14 bits per heavy atom. The summed E-state index contributed by atoms with van der Waals surface area (Å²) in [5.74, 6) is -1.75. The summed E-state index contributed by atoms with van der Waals surface area (Å²) in [5.41, 5.74) is 0. The highest BCUT2D eigenvalue weighted by Crippen LogP contribution is 2.31. The third-order valence-corrected chi connectivity index (χ3v) is 5.88. The quantitative estimate of drug-likeness (QED) is 0.847. The van der Waals surface area contributed by atoms with Crippen molar-refractivity contribution in [2.24, 2.45) is 0 Å². The zero-order valence-corrected chi connectivity index (χ0v) is 12.7. The van der Waals surface area contributed by atoms with Crippen molar-refractivity contribution in [3.8, 4) is 0 Å². The van der Waals surface area contributed by atoms with Crippen LogP contribution in [0.4, 0.5) is 8.78 Å². The van der Waals surface area contributed by atoms with E-state index in [4.69, 9.17) is 9.47 Å². The zero-order chi connectivity index (χ0) is 15.7. The second kappa shape index (κ2) is 6.19. The minimum Gasteiger partial charge on any atom is -0.349 e. The first kappa shape index (κ1) is 15.8. The Balaban J connectivity index is 1.96. The molecule has 0 N–H and O–H groups in total. The van der Waals surface area contributed by atoms with Crippen LogP contribution in [0.2, 0.25) is 0 Å². The summed E-state index contributed by atoms with van der Waals surface area (Å²) in [5, 5.41) is 0. The van der Waals surface area contributed by atoms with Crippen LogP contribution in [-0.4, -0.2) is 44.8 Å². The van der Waals surface area contributed by atoms with Gasteiger partial charge in [-0.15, -0.1) is 0 Å². The summed E-state index contributed by atoms with van der Waals surface area (Å²) in [6.45, 7) is 1.05. The van der Waals surface area contributed by atoms with Gasteiger partial charge in [-0.1, -0.05) is 6.42 Å². The van der Waals surface area contributed by atoms with E-state index in [1.165, 1.54) is 4.31 Å². The molecule has 0 radical (unpaired) electrons. The Bertz CT molecular complexity index is 646. The lowest BCUT2D eigenvalue weighted by molar-refractivity contribution is -0.0913. The Morgan fingerprint density at radius 2 is 1.86 bits per heavy atom. The fourth-order valence-electron chi connectivity index (χ4n) is 2.90. The van der Waals surface area contributed by atoms with Crippen molar-refractivity contribution in [1.82, 2.24) is 4.31 Å². The molecule has 2 saturated heterocycles. The highest BCUT2D eigenvalue weighted by molar-refractivity contribution is 7.89. The Kier molecular flexibility index (Phi) is 4.44. The summed E-state index contributed by atoms with van der Waals surface area (Å²) in [4.78, 5) is -0.641. The van der Waals surface area contributed by atoms with Crippen molar-refractivity contribution in [1.29, 1.82) is 0 Å². The van der Waals surface area contributed by atoms with Gasteiger partial charge in [-0.05, 0) is 31.0 Å². The number of halogens is 2. The molecule has 2 fully saturated rings. The van der Waals surface area contributed by atoms with Crippen LogP contribution in [0.5, 0.6) is 0 Å². The number of nitrogens with zero attached hydrogens (tertiary/aromatic N) is 1. The van der Waals surface area contributed by atoms with Gasteiger partial charge in [0.05, 0.1) is 19.3 Å². The van der Waals surface area contributed by atoms with Crippen LogP contribution in [0.1, 0.15) is 19.3 Å². The van der Waals surface area contributed by atoms with E-state index in [9.17, 15) is 17.2 Å². The number of hydrogen-bond acceptors (Lipinski definition) is 4. The lowest BCUT2D eigenvalue weighted by Gasteiger charge is -2.36. The van der Waals surface area contributed by atoms with Gasteiger partial charge >= 0.3 is 0 Å². The van der Waals surface area contributed by atoms with Crippen LogP contribution in [-0.2, 0) is 19.5 Å². The fourth-order valence-corrected chi connectivity index (χ4v) is 4.66. The third-order valence-electron chi connectivity index (χ3n) is 3.94. The van der Waals surface area contributed by atoms with Crippen molar-refractivity contribution < 1.29 is 26.7 Å². The van der Waals surface area contributed by atoms with Crippen LogP contribution in [0.3, 0.4) is 0 Å². The predicted molar refractivity (Wildman–Crippen MR) is 73.6 cm³/mol. The molecule has 2 aliphatic rings. The second-order valence-electron chi connectivity index (χ2n) is 5.36. The fraction of sp³-hybridized carbons (Fsp3) is 0.571. The third kappa shape index (κ3) is 2.88. The van der Waals surface area contributed by atoms with Crippen LogP contribution in [0, 0.1) is 11.6 Å². The minimum atomic E-state index is -4.14. The van der Waals surface area contributed by atoms with Gasteiger partial charge in [-0.25, -0.2) is 17.2 Å². The SMILES string of the molecule is O=S(=O)(c1cc(F)ccc1F)N1CCCCC1C1OCCO1. The molecule has 2 aliphatic heterocycles. The molecule has 2 heterocycles. The lowest BCUT2D eigenvalue weighted by Crippen LogP contribution is -2.50. The van der Waals surface area contributed by atoms with Gasteiger partial charge in [0.15, 0.2) is 6.29 Å². The number of benzene rings is 1. The van der Waals surface area contributed by atoms with Crippen LogP contribution >= 0.6 is 0 Å². The largest absolute Gasteiger partial charge is 0.349 e. The highest BCUT2D eigenvalue weighted by atomic mass is 32.2. The molecule has 0 saturated carbocycles. The monoisotopic (exact) mass is 333 g/mol. The molecule has 0 amide bonds. The maximum atomic E-state index is 13.9. The molecule has 8 heteroatoms. The molecule has 1 aromatic carbocycles. The summed E-state index contributed by atoms with van der Waals surface area (Å²) in [6.07, 6.45) is 1.43. The van der Waals surface area contributed by atoms with Gasteiger partial charge in [-0.2, -0.15) is 4.31 Å². The molecule has 1 unspecified atom stereocenters. The van der Waals surface area contributed by atoms with E-state index in [0.717, 1.165) is 18.6 Å². The predicted octanol–water partition coefficient (Wildman–Crippen LogP) is 1.88. The molecule has 3 rings (SSSR count). The van der Waals surface area contributed by atoms with Crippen molar-refractivity contribution in [2.75, 3.05) is 19.8 Å². The molecule has 5 nitrogen and oxygen atoms in total. The maximum Gasteiger partial charge on any atom is 0.246 e. The average Bonchev–Trinajstić information content (AvgIpc) is 3.04. The standard InChI is InChI=1S/C14H17F2NO4S/c15-10-4-5-11(16)13(9-10)22(18,19)17-6-2-1-3-12(17)14-20-7-8-21-14/h4-5,9,12,14H,1-3,6-8H2. The van der Waals surface area contributed by atoms with Crippen LogP contribution in [0.15, 0.2) is 23.1 Å². The van der Waals surface area contributed by atoms with Gasteiger partial charge in [0, 0.05) is 6.54 Å². The summed E-state index contributed by atoms with van der Waals surface area (Å²) >= 11 is 0. The van der Waals surface area contributed by atoms with Crippen molar-refractivity contribution in [2.45, 2.75) is 36.5 Å². The minimum absolute atomic E-state index is 0.242. The van der Waals surface area contributed by atoms with Gasteiger partial charge in [-0.3, -0.25) is 0 Å². The maximum absolute atomic E-state index is 13.9. The first-order chi connectivity index (χ1) is 10.5. The number of piperidine rings is 1. The van der Waals surface area contributed by atoms with E-state index in [0.29, 0.717) is 32.1 Å². The van der Waals surface area contributed by atoms with Gasteiger partial charge in [0.25, 0.3) is 0 Å². The molecule has 0 spiro atoms. The number of rotatable bonds is 3. The first-order valence-corrected chi connectivity index (χ1v) is 8.64. The van der Waals surface area contributed by atoms with E-state index < -0.39 is 38.9 Å². The lowest BCUT2D eigenvalue weighted by atomic mass is 10.0. The average molecular weight is 333 g/mol. The molecule has 0 aliphatic carbocycles. The van der Waals surface area contributed by atoms with Crippen LogP contribution in [0.25, 0.3) is 0 Å². The van der Waals surface area contributed by atoms with Gasteiger partial charge in [0.2, 0.25) is 10.0 Å². The van der Waals surface area contributed by atoms with E-state index in [2.05, 4.69) is 0 Å². The number of hydrogen-bond donors (Lipinski definition) is 0. The summed E-state index contributed by atoms with van der Waals surface area (Å²) in [6, 6.07) is 1.92. The molecule has 1 atom stereocenters. The van der Waals surface area contributed by atoms with E-state index in [1.807, 2.05) is 0 Å². The van der Waals surface area contributed by atoms with Crippen molar-refractivity contribution >= 4 is 10.0 Å². The van der Waals surface area contributed by atoms with Crippen molar-refractivity contribution in [3.05, 3.63) is 29.8 Å². The van der Waals surface area contributed by atoms with E-state index in [1.54, 1.807) is 0 Å². The Hall–Kier alpha value is -1.09. The molecule has 0 bridgehead atoms. The number of ether oxygens (including phenoxy) is 2. The molecular weight excluding hydrogens is 316 g/mol. The molecule has 122 valence electrons. The zero-order valence-electron chi connectivity index (χ0n) is 11.9. The van der Waals surface area contributed by atoms with Crippen LogP contribution < -0.4 is 0 Å². The van der Waals surface area contributed by atoms with Gasteiger partial charge in [0.1, 0.15) is 16.5 Å². The van der Waals surface area contributed by atoms with Crippen molar-refractivity contribution in [3.63, 3.8) is 0 Å². The second-order valence-corrected chi connectivity index (χ2v) is 7.22. The molecule has 22 heavy (non-hydrogen) atoms. The Morgan fingerprint density at radius 3 is 2.59 bits per heavy atom.